The van der Waals surface area contributed by atoms with Crippen LogP contribution in [-0.2, 0) is 4.79 Å². The molecule has 6 rings (SSSR count). The number of allylic oxidation sites excluding steroid dienone is 1. The van der Waals surface area contributed by atoms with Crippen molar-refractivity contribution in [3.05, 3.63) is 113 Å². The number of halogens is 1. The van der Waals surface area contributed by atoms with Gasteiger partial charge in [0, 0.05) is 34.4 Å². The van der Waals surface area contributed by atoms with E-state index in [9.17, 15) is 4.79 Å². The van der Waals surface area contributed by atoms with E-state index in [1.807, 2.05) is 85.9 Å². The molecule has 0 radical (unpaired) electrons. The topological polar surface area (TPSA) is 109 Å². The third kappa shape index (κ3) is 4.62. The van der Waals surface area contributed by atoms with Crippen LogP contribution in [0.15, 0.2) is 112 Å². The van der Waals surface area contributed by atoms with Crippen molar-refractivity contribution >= 4 is 46.3 Å². The summed E-state index contributed by atoms with van der Waals surface area (Å²) < 4.78 is 7.54. The molecule has 0 aliphatic carbocycles. The normalized spacial score (nSPS) is 15.2. The Morgan fingerprint density at radius 1 is 1.03 bits per heavy atom. The molecule has 1 atom stereocenters. The summed E-state index contributed by atoms with van der Waals surface area (Å²) in [6, 6.07) is 23.7. The third-order valence-corrected chi connectivity index (χ3v) is 6.44. The first-order chi connectivity index (χ1) is 18.5. The molecule has 3 heterocycles. The average Bonchev–Trinajstić information content (AvgIpc) is 3.59. The van der Waals surface area contributed by atoms with E-state index in [-0.39, 0.29) is 11.9 Å². The second-order valence-corrected chi connectivity index (χ2v) is 9.04. The molecule has 5 aromatic rings. The summed E-state index contributed by atoms with van der Waals surface area (Å²) >= 11 is 6.56. The van der Waals surface area contributed by atoms with Crippen LogP contribution >= 0.6 is 11.6 Å². The Labute approximate surface area is 222 Å². The zero-order chi connectivity index (χ0) is 26.1. The average molecular weight is 524 g/mol. The van der Waals surface area contributed by atoms with Crippen LogP contribution in [-0.4, -0.2) is 26.6 Å². The van der Waals surface area contributed by atoms with Crippen molar-refractivity contribution in [1.29, 1.82) is 0 Å². The molecule has 2 aromatic heterocycles. The number of hydrogen-bond acceptors (Lipinski definition) is 7. The van der Waals surface area contributed by atoms with Gasteiger partial charge in [-0.15, -0.1) is 0 Å². The molecule has 3 N–H and O–H groups in total. The van der Waals surface area contributed by atoms with E-state index >= 15 is 0 Å². The molecule has 1 aliphatic heterocycles. The number of benzene rings is 3. The molecule has 1 amide bonds. The van der Waals surface area contributed by atoms with Crippen molar-refractivity contribution in [3.63, 3.8) is 0 Å². The first kappa shape index (κ1) is 23.5. The van der Waals surface area contributed by atoms with Gasteiger partial charge in [-0.25, -0.2) is 9.67 Å². The lowest BCUT2D eigenvalue weighted by molar-refractivity contribution is -0.113. The smallest absolute Gasteiger partial charge is 0.302 e. The maximum atomic E-state index is 13.6. The first-order valence-electron chi connectivity index (χ1n) is 11.9. The minimum absolute atomic E-state index is 0.285. The van der Waals surface area contributed by atoms with Crippen molar-refractivity contribution in [2.24, 2.45) is 4.99 Å². The molecule has 9 nitrogen and oxygen atoms in total. The van der Waals surface area contributed by atoms with E-state index in [2.05, 4.69) is 26.0 Å². The van der Waals surface area contributed by atoms with Gasteiger partial charge in [-0.1, -0.05) is 41.9 Å². The van der Waals surface area contributed by atoms with Crippen LogP contribution in [0.3, 0.4) is 0 Å². The second-order valence-electron chi connectivity index (χ2n) is 8.63. The number of rotatable bonds is 5. The highest BCUT2D eigenvalue weighted by Crippen LogP contribution is 2.35. The van der Waals surface area contributed by atoms with Crippen LogP contribution in [0.4, 0.5) is 11.7 Å². The molecule has 188 valence electrons. The maximum Gasteiger partial charge on any atom is 0.302 e. The fraction of sp³-hybridized carbons (Fsp3) is 0.0714. The highest BCUT2D eigenvalue weighted by Gasteiger charge is 2.31. The van der Waals surface area contributed by atoms with Crippen molar-refractivity contribution in [1.82, 2.24) is 20.1 Å². The first-order valence-corrected chi connectivity index (χ1v) is 12.3. The SMILES string of the molecule is CC1=C(C(=O)Nc2ccc(-n3cccn3)cc2)C(c2ccccc2Cl)N=C(Nc2nc3ccccc3o2)N1. The number of carbonyl (C=O) groups is 1. The minimum atomic E-state index is -0.667. The number of amides is 1. The van der Waals surface area contributed by atoms with Crippen molar-refractivity contribution in [3.8, 4) is 5.69 Å². The number of aliphatic imine (C=N–C) groups is 1. The van der Waals surface area contributed by atoms with Crippen LogP contribution in [0.25, 0.3) is 16.8 Å². The van der Waals surface area contributed by atoms with Crippen LogP contribution in [0, 0.1) is 0 Å². The zero-order valence-corrected chi connectivity index (χ0v) is 21.0. The van der Waals surface area contributed by atoms with Gasteiger partial charge in [0.05, 0.1) is 11.3 Å². The van der Waals surface area contributed by atoms with Crippen LogP contribution in [0.1, 0.15) is 18.5 Å². The number of oxazole rings is 1. The summed E-state index contributed by atoms with van der Waals surface area (Å²) in [5.74, 6) is 0.0931. The Kier molecular flexibility index (Phi) is 6.11. The number of para-hydroxylation sites is 2. The number of nitrogens with one attached hydrogen (secondary N) is 3. The van der Waals surface area contributed by atoms with Crippen LogP contribution < -0.4 is 16.0 Å². The summed E-state index contributed by atoms with van der Waals surface area (Å²) in [5.41, 5.74) is 4.66. The number of carbonyl (C=O) groups excluding carboxylic acids is 1. The molecule has 0 spiro atoms. The van der Waals surface area contributed by atoms with Gasteiger partial charge in [0.2, 0.25) is 5.96 Å². The number of anilines is 2. The molecule has 0 saturated heterocycles. The highest BCUT2D eigenvalue weighted by molar-refractivity contribution is 6.31. The van der Waals surface area contributed by atoms with Gasteiger partial charge in [0.25, 0.3) is 5.91 Å². The van der Waals surface area contributed by atoms with E-state index < -0.39 is 6.04 Å². The van der Waals surface area contributed by atoms with Crippen LogP contribution in [0.2, 0.25) is 5.02 Å². The monoisotopic (exact) mass is 523 g/mol. The predicted octanol–water partition coefficient (Wildman–Crippen LogP) is 5.69. The fourth-order valence-corrected chi connectivity index (χ4v) is 4.54. The molecule has 0 fully saturated rings. The van der Waals surface area contributed by atoms with E-state index in [0.29, 0.717) is 39.1 Å². The van der Waals surface area contributed by atoms with Crippen molar-refractivity contribution < 1.29 is 9.21 Å². The lowest BCUT2D eigenvalue weighted by Crippen LogP contribution is -2.37. The van der Waals surface area contributed by atoms with Gasteiger partial charge in [0.15, 0.2) is 5.58 Å². The molecular weight excluding hydrogens is 502 g/mol. The molecular formula is C28H22ClN7O2. The lowest BCUT2D eigenvalue weighted by Gasteiger charge is -2.27. The Morgan fingerprint density at radius 3 is 2.58 bits per heavy atom. The number of nitrogens with zero attached hydrogens (tertiary/aromatic N) is 4. The highest BCUT2D eigenvalue weighted by atomic mass is 35.5. The van der Waals surface area contributed by atoms with E-state index in [1.165, 1.54) is 0 Å². The van der Waals surface area contributed by atoms with Gasteiger partial charge < -0.3 is 15.1 Å². The Morgan fingerprint density at radius 2 is 1.82 bits per heavy atom. The summed E-state index contributed by atoms with van der Waals surface area (Å²) in [7, 11) is 0. The molecule has 38 heavy (non-hydrogen) atoms. The Hall–Kier alpha value is -4.89. The molecule has 1 aliphatic rings. The van der Waals surface area contributed by atoms with Gasteiger partial charge >= 0.3 is 6.01 Å². The molecule has 1 unspecified atom stereocenters. The van der Waals surface area contributed by atoms with Gasteiger partial charge in [0.1, 0.15) is 11.6 Å². The number of fused-ring (bicyclic) bond motifs is 1. The fourth-order valence-electron chi connectivity index (χ4n) is 4.30. The predicted molar refractivity (Wildman–Crippen MR) is 147 cm³/mol. The summed E-state index contributed by atoms with van der Waals surface area (Å²) in [4.78, 5) is 22.8. The van der Waals surface area contributed by atoms with Gasteiger partial charge in [-0.2, -0.15) is 10.1 Å². The Balaban J connectivity index is 1.29. The second kappa shape index (κ2) is 9.87. The standard InChI is InChI=1S/C28H22ClN7O2/c1-17-24(26(37)32-18-11-13-19(14-12-18)36-16-6-15-30-36)25(20-7-2-3-8-21(20)29)34-27(31-17)35-28-33-22-9-4-5-10-23(22)38-28/h2-16,25H,1H3,(H,32,37)(H2,31,33,34,35). The number of guanidine groups is 1. The Bertz CT molecular complexity index is 1660. The van der Waals surface area contributed by atoms with Crippen molar-refractivity contribution in [2.45, 2.75) is 13.0 Å². The summed E-state index contributed by atoms with van der Waals surface area (Å²) in [5, 5.41) is 14.0. The summed E-state index contributed by atoms with van der Waals surface area (Å²) in [6.07, 6.45) is 3.57. The van der Waals surface area contributed by atoms with E-state index in [1.54, 1.807) is 16.9 Å². The van der Waals surface area contributed by atoms with Crippen molar-refractivity contribution in [2.75, 3.05) is 10.6 Å². The lowest BCUT2D eigenvalue weighted by atomic mass is 9.95. The van der Waals surface area contributed by atoms with E-state index in [0.717, 1.165) is 11.2 Å². The van der Waals surface area contributed by atoms with E-state index in [4.69, 9.17) is 21.0 Å². The largest absolute Gasteiger partial charge is 0.423 e. The maximum absolute atomic E-state index is 13.6. The number of aromatic nitrogens is 3. The molecule has 3 aromatic carbocycles. The third-order valence-electron chi connectivity index (χ3n) is 6.10. The molecule has 0 bridgehead atoms. The zero-order valence-electron chi connectivity index (χ0n) is 20.2. The molecule has 10 heteroatoms. The number of hydrogen-bond donors (Lipinski definition) is 3. The quantitative estimate of drug-likeness (QED) is 0.273. The van der Waals surface area contributed by atoms with Gasteiger partial charge in [-0.3, -0.25) is 10.1 Å². The van der Waals surface area contributed by atoms with Crippen LogP contribution in [0.5, 0.6) is 0 Å². The minimum Gasteiger partial charge on any atom is -0.423 e. The van der Waals surface area contributed by atoms with Gasteiger partial charge in [-0.05, 0) is 55.5 Å². The summed E-state index contributed by atoms with van der Waals surface area (Å²) in [6.45, 7) is 1.82. The molecule has 0 saturated carbocycles.